The summed E-state index contributed by atoms with van der Waals surface area (Å²) in [6.45, 7) is 2.45. The Morgan fingerprint density at radius 2 is 2.40 bits per heavy atom. The van der Waals surface area contributed by atoms with Gasteiger partial charge < -0.3 is 14.3 Å². The van der Waals surface area contributed by atoms with Crippen LogP contribution in [-0.4, -0.2) is 31.0 Å². The minimum absolute atomic E-state index is 0.00771. The van der Waals surface area contributed by atoms with Gasteiger partial charge in [0, 0.05) is 16.5 Å². The van der Waals surface area contributed by atoms with Crippen LogP contribution in [0.15, 0.2) is 27.8 Å². The predicted molar refractivity (Wildman–Crippen MR) is 75.8 cm³/mol. The number of hydrogen-bond acceptors (Lipinski definition) is 5. The van der Waals surface area contributed by atoms with Crippen molar-refractivity contribution in [2.75, 3.05) is 13.2 Å². The lowest BCUT2D eigenvalue weighted by atomic mass is 9.91. The number of carbonyl (C=O) groups excluding carboxylic acids is 1. The molecule has 0 amide bonds. The van der Waals surface area contributed by atoms with Gasteiger partial charge >= 0.3 is 5.97 Å². The second-order valence-corrected chi connectivity index (χ2v) is 5.63. The fourth-order valence-electron chi connectivity index (χ4n) is 2.31. The molecule has 2 aliphatic rings. The molecule has 0 aromatic heterocycles. The van der Waals surface area contributed by atoms with E-state index in [1.807, 2.05) is 18.2 Å². The summed E-state index contributed by atoms with van der Waals surface area (Å²) in [6, 6.07) is 5.81. The number of hydrogen-bond donors (Lipinski definition) is 0. The maximum Gasteiger partial charge on any atom is 0.305 e. The fraction of sp³-hybridized carbons (Fsp3) is 0.429. The molecule has 0 saturated carbocycles. The lowest BCUT2D eigenvalue weighted by Gasteiger charge is -2.25. The van der Waals surface area contributed by atoms with E-state index in [0.29, 0.717) is 13.0 Å². The van der Waals surface area contributed by atoms with E-state index in [1.165, 1.54) is 0 Å². The monoisotopic (exact) mass is 339 g/mol. The zero-order valence-corrected chi connectivity index (χ0v) is 12.6. The van der Waals surface area contributed by atoms with E-state index < -0.39 is 0 Å². The summed E-state index contributed by atoms with van der Waals surface area (Å²) in [5.41, 5.74) is 1.81. The molecule has 5 nitrogen and oxygen atoms in total. The molecule has 6 heteroatoms. The normalized spacial score (nSPS) is 23.0. The van der Waals surface area contributed by atoms with E-state index in [4.69, 9.17) is 14.3 Å². The molecule has 3 rings (SSSR count). The predicted octanol–water partition coefficient (Wildman–Crippen LogP) is 2.51. The maximum absolute atomic E-state index is 11.2. The highest BCUT2D eigenvalue weighted by Gasteiger charge is 2.40. The minimum atomic E-state index is -0.266. The lowest BCUT2D eigenvalue weighted by molar-refractivity contribution is -0.147. The van der Waals surface area contributed by atoms with Crippen LogP contribution >= 0.6 is 15.9 Å². The number of benzene rings is 1. The molecule has 0 radical (unpaired) electrons. The van der Waals surface area contributed by atoms with Gasteiger partial charge in [0.15, 0.2) is 6.10 Å². The van der Waals surface area contributed by atoms with Gasteiger partial charge in [-0.1, -0.05) is 28.0 Å². The molecule has 0 fully saturated rings. The molecule has 1 aromatic carbocycles. The fourth-order valence-corrected chi connectivity index (χ4v) is 2.65. The van der Waals surface area contributed by atoms with Gasteiger partial charge in [0.05, 0.1) is 5.92 Å². The molecular weight excluding hydrogens is 326 g/mol. The molecule has 0 aliphatic carbocycles. The Morgan fingerprint density at radius 3 is 3.20 bits per heavy atom. The van der Waals surface area contributed by atoms with Gasteiger partial charge in [-0.3, -0.25) is 4.79 Å². The molecule has 2 aliphatic heterocycles. The van der Waals surface area contributed by atoms with Crippen molar-refractivity contribution < 1.29 is 19.1 Å². The van der Waals surface area contributed by atoms with Crippen molar-refractivity contribution in [3.05, 3.63) is 28.2 Å². The van der Waals surface area contributed by atoms with Gasteiger partial charge in [0.2, 0.25) is 0 Å². The Labute approximate surface area is 125 Å². The molecule has 20 heavy (non-hydrogen) atoms. The van der Waals surface area contributed by atoms with E-state index in [1.54, 1.807) is 6.92 Å². The first-order chi connectivity index (χ1) is 9.69. The lowest BCUT2D eigenvalue weighted by Crippen LogP contribution is -2.36. The summed E-state index contributed by atoms with van der Waals surface area (Å²) in [6.07, 6.45) is 0.0932. The zero-order chi connectivity index (χ0) is 14.1. The smallest absolute Gasteiger partial charge is 0.305 e. The molecule has 2 atom stereocenters. The Balaban J connectivity index is 1.74. The van der Waals surface area contributed by atoms with Crippen LogP contribution in [0, 0.1) is 5.92 Å². The van der Waals surface area contributed by atoms with Gasteiger partial charge in [0.25, 0.3) is 0 Å². The Morgan fingerprint density at radius 1 is 1.55 bits per heavy atom. The van der Waals surface area contributed by atoms with Crippen molar-refractivity contribution in [2.24, 2.45) is 11.1 Å². The minimum Gasteiger partial charge on any atom is -0.492 e. The van der Waals surface area contributed by atoms with E-state index in [0.717, 1.165) is 21.5 Å². The van der Waals surface area contributed by atoms with E-state index >= 15 is 0 Å². The summed E-state index contributed by atoms with van der Waals surface area (Å²) in [5, 5.41) is 4.14. The van der Waals surface area contributed by atoms with E-state index in [9.17, 15) is 4.79 Å². The third-order valence-electron chi connectivity index (χ3n) is 3.42. The number of rotatable bonds is 3. The van der Waals surface area contributed by atoms with Crippen molar-refractivity contribution >= 4 is 27.6 Å². The van der Waals surface area contributed by atoms with Gasteiger partial charge in [0.1, 0.15) is 24.7 Å². The summed E-state index contributed by atoms with van der Waals surface area (Å²) < 4.78 is 11.8. The first kappa shape index (κ1) is 13.4. The van der Waals surface area contributed by atoms with Crippen molar-refractivity contribution in [1.29, 1.82) is 0 Å². The molecule has 2 heterocycles. The second kappa shape index (κ2) is 5.44. The largest absolute Gasteiger partial charge is 0.492 e. The molecule has 2 unspecified atom stereocenters. The van der Waals surface area contributed by atoms with Crippen LogP contribution in [0.1, 0.15) is 18.9 Å². The third-order valence-corrected chi connectivity index (χ3v) is 3.91. The molecule has 106 valence electrons. The highest BCUT2D eigenvalue weighted by atomic mass is 79.9. The number of fused-ring (bicyclic) bond motifs is 3. The molecule has 0 saturated heterocycles. The molecular formula is C14H14BrNO4. The van der Waals surface area contributed by atoms with Crippen molar-refractivity contribution in [3.8, 4) is 5.75 Å². The van der Waals surface area contributed by atoms with Crippen molar-refractivity contribution in [1.82, 2.24) is 0 Å². The summed E-state index contributed by atoms with van der Waals surface area (Å²) >= 11 is 3.41. The number of halogens is 1. The SMILES string of the molecule is CCC(=O)OCC1ON=C2c3ccc(Br)cc3OCC21. The Bertz CT molecular complexity index is 572. The summed E-state index contributed by atoms with van der Waals surface area (Å²) in [4.78, 5) is 16.6. The van der Waals surface area contributed by atoms with Crippen molar-refractivity contribution in [2.45, 2.75) is 19.4 Å². The standard InChI is InChI=1S/C14H14BrNO4/c1-2-13(17)19-7-12-10-6-18-11-5-8(15)3-4-9(11)14(10)16-20-12/h3-5,10,12H,2,6-7H2,1H3. The highest BCUT2D eigenvalue weighted by molar-refractivity contribution is 9.10. The van der Waals surface area contributed by atoms with Gasteiger partial charge in [-0.2, -0.15) is 0 Å². The number of esters is 1. The summed E-state index contributed by atoms with van der Waals surface area (Å²) in [5.74, 6) is 0.570. The third kappa shape index (κ3) is 2.40. The van der Waals surface area contributed by atoms with Crippen LogP contribution < -0.4 is 4.74 Å². The van der Waals surface area contributed by atoms with E-state index in [-0.39, 0.29) is 24.6 Å². The van der Waals surface area contributed by atoms with E-state index in [2.05, 4.69) is 21.1 Å². The van der Waals surface area contributed by atoms with Gasteiger partial charge in [-0.15, -0.1) is 0 Å². The highest BCUT2D eigenvalue weighted by Crippen LogP contribution is 2.35. The quantitative estimate of drug-likeness (QED) is 0.794. The number of nitrogens with zero attached hydrogens (tertiary/aromatic N) is 1. The van der Waals surface area contributed by atoms with Crippen molar-refractivity contribution in [3.63, 3.8) is 0 Å². The van der Waals surface area contributed by atoms with Crippen LogP contribution in [0.2, 0.25) is 0 Å². The summed E-state index contributed by atoms with van der Waals surface area (Å²) in [7, 11) is 0. The maximum atomic E-state index is 11.2. The Kier molecular flexibility index (Phi) is 3.65. The number of carbonyl (C=O) groups is 1. The number of oxime groups is 1. The van der Waals surface area contributed by atoms with Crippen LogP contribution in [-0.2, 0) is 14.4 Å². The topological polar surface area (TPSA) is 57.1 Å². The van der Waals surface area contributed by atoms with Crippen LogP contribution in [0.3, 0.4) is 0 Å². The molecule has 1 aromatic rings. The van der Waals surface area contributed by atoms with Gasteiger partial charge in [-0.25, -0.2) is 0 Å². The number of ether oxygens (including phenoxy) is 2. The average molecular weight is 340 g/mol. The van der Waals surface area contributed by atoms with Crippen LogP contribution in [0.25, 0.3) is 0 Å². The zero-order valence-electron chi connectivity index (χ0n) is 11.0. The van der Waals surface area contributed by atoms with Gasteiger partial charge in [-0.05, 0) is 18.2 Å². The molecule has 0 N–H and O–H groups in total. The molecule has 0 bridgehead atoms. The molecule has 0 spiro atoms. The Hall–Kier alpha value is -1.56. The first-order valence-corrected chi connectivity index (χ1v) is 7.30. The van der Waals surface area contributed by atoms with Crippen LogP contribution in [0.5, 0.6) is 5.75 Å². The second-order valence-electron chi connectivity index (χ2n) is 4.71. The average Bonchev–Trinajstić information content (AvgIpc) is 2.87. The first-order valence-electron chi connectivity index (χ1n) is 6.51. The van der Waals surface area contributed by atoms with Crippen LogP contribution in [0.4, 0.5) is 0 Å².